The quantitative estimate of drug-likeness (QED) is 0.773. The first-order valence-corrected chi connectivity index (χ1v) is 7.50. The Bertz CT molecular complexity index is 176. The highest BCUT2D eigenvalue weighted by atomic mass is 32.2. The maximum Gasteiger partial charge on any atom is 0.0587 e. The van der Waals surface area contributed by atoms with E-state index in [1.54, 1.807) is 0 Å². The van der Waals surface area contributed by atoms with Gasteiger partial charge in [0.1, 0.15) is 0 Å². The van der Waals surface area contributed by atoms with Gasteiger partial charge in [0, 0.05) is 12.1 Å². The molecule has 3 heteroatoms. The van der Waals surface area contributed by atoms with E-state index in [4.69, 9.17) is 0 Å². The molecule has 0 spiro atoms. The second-order valence-electron chi connectivity index (χ2n) is 4.91. The van der Waals surface area contributed by atoms with Crippen LogP contribution in [-0.2, 0) is 0 Å². The monoisotopic (exact) mass is 229 g/mol. The molecule has 2 fully saturated rings. The summed E-state index contributed by atoms with van der Waals surface area (Å²) in [7, 11) is 0. The summed E-state index contributed by atoms with van der Waals surface area (Å²) >= 11 is 2.04. The van der Waals surface area contributed by atoms with E-state index in [9.17, 15) is 5.11 Å². The van der Waals surface area contributed by atoms with Gasteiger partial charge < -0.3 is 10.4 Å². The van der Waals surface area contributed by atoms with Crippen molar-refractivity contribution in [2.45, 2.75) is 50.6 Å². The Morgan fingerprint density at radius 1 is 1.20 bits per heavy atom. The van der Waals surface area contributed by atoms with Crippen LogP contribution in [0.5, 0.6) is 0 Å². The molecular weight excluding hydrogens is 206 g/mol. The predicted molar refractivity (Wildman–Crippen MR) is 66.3 cm³/mol. The summed E-state index contributed by atoms with van der Waals surface area (Å²) in [4.78, 5) is 0. The van der Waals surface area contributed by atoms with E-state index in [-0.39, 0.29) is 0 Å². The van der Waals surface area contributed by atoms with E-state index in [1.165, 1.54) is 50.0 Å². The minimum absolute atomic E-state index is 0.321. The van der Waals surface area contributed by atoms with Gasteiger partial charge in [0.2, 0.25) is 0 Å². The first-order chi connectivity index (χ1) is 7.40. The molecule has 2 N–H and O–H groups in total. The standard InChI is InChI=1S/C12H23NOS/c14-8-12(10-6-7-15-9-10)13-11-4-2-1-3-5-11/h10-14H,1-9H2. The third kappa shape index (κ3) is 3.36. The van der Waals surface area contributed by atoms with Gasteiger partial charge in [-0.2, -0.15) is 11.8 Å². The van der Waals surface area contributed by atoms with Crippen LogP contribution < -0.4 is 5.32 Å². The Morgan fingerprint density at radius 2 is 2.00 bits per heavy atom. The minimum atomic E-state index is 0.321. The summed E-state index contributed by atoms with van der Waals surface area (Å²) in [5, 5.41) is 13.1. The van der Waals surface area contributed by atoms with Crippen molar-refractivity contribution in [3.63, 3.8) is 0 Å². The first kappa shape index (κ1) is 11.7. The molecule has 1 aliphatic carbocycles. The Hall–Kier alpha value is 0.270. The van der Waals surface area contributed by atoms with Crippen molar-refractivity contribution < 1.29 is 5.11 Å². The zero-order valence-electron chi connectivity index (χ0n) is 9.45. The minimum Gasteiger partial charge on any atom is -0.395 e. The Kier molecular flexibility index (Phi) is 4.79. The third-order valence-corrected chi connectivity index (χ3v) is 4.97. The molecule has 1 heterocycles. The molecule has 0 amide bonds. The number of hydrogen-bond donors (Lipinski definition) is 2. The zero-order valence-corrected chi connectivity index (χ0v) is 10.3. The van der Waals surface area contributed by atoms with Crippen LogP contribution in [0.2, 0.25) is 0 Å². The lowest BCUT2D eigenvalue weighted by molar-refractivity contribution is 0.184. The van der Waals surface area contributed by atoms with Gasteiger partial charge in [0.05, 0.1) is 6.61 Å². The second kappa shape index (κ2) is 6.12. The van der Waals surface area contributed by atoms with E-state index >= 15 is 0 Å². The maximum atomic E-state index is 9.45. The maximum absolute atomic E-state index is 9.45. The van der Waals surface area contributed by atoms with E-state index in [0.29, 0.717) is 24.6 Å². The van der Waals surface area contributed by atoms with E-state index in [2.05, 4.69) is 5.32 Å². The van der Waals surface area contributed by atoms with Crippen molar-refractivity contribution in [1.82, 2.24) is 5.32 Å². The van der Waals surface area contributed by atoms with E-state index in [0.717, 1.165) is 0 Å². The zero-order chi connectivity index (χ0) is 10.5. The topological polar surface area (TPSA) is 32.3 Å². The normalized spacial score (nSPS) is 30.6. The number of hydrogen-bond acceptors (Lipinski definition) is 3. The molecule has 88 valence electrons. The van der Waals surface area contributed by atoms with Crippen molar-refractivity contribution in [1.29, 1.82) is 0 Å². The lowest BCUT2D eigenvalue weighted by Crippen LogP contribution is -2.46. The molecule has 2 unspecified atom stereocenters. The van der Waals surface area contributed by atoms with Crippen molar-refractivity contribution in [2.75, 3.05) is 18.1 Å². The Labute approximate surface area is 97.2 Å². The SMILES string of the molecule is OCC(NC1CCCCC1)C1CCSC1. The molecule has 2 rings (SSSR count). The summed E-state index contributed by atoms with van der Waals surface area (Å²) in [6.45, 7) is 0.321. The van der Waals surface area contributed by atoms with Crippen LogP contribution in [0.25, 0.3) is 0 Å². The molecular formula is C12H23NOS. The van der Waals surface area contributed by atoms with Crippen molar-refractivity contribution >= 4 is 11.8 Å². The lowest BCUT2D eigenvalue weighted by atomic mass is 9.92. The average molecular weight is 229 g/mol. The van der Waals surface area contributed by atoms with Gasteiger partial charge in [-0.3, -0.25) is 0 Å². The van der Waals surface area contributed by atoms with Crippen LogP contribution in [0, 0.1) is 5.92 Å². The largest absolute Gasteiger partial charge is 0.395 e. The number of aliphatic hydroxyl groups is 1. The molecule has 0 aromatic heterocycles. The van der Waals surface area contributed by atoms with Gasteiger partial charge in [0.25, 0.3) is 0 Å². The molecule has 1 saturated heterocycles. The molecule has 1 aliphatic heterocycles. The summed E-state index contributed by atoms with van der Waals surface area (Å²) in [6.07, 6.45) is 8.06. The highest BCUT2D eigenvalue weighted by molar-refractivity contribution is 7.99. The van der Waals surface area contributed by atoms with E-state index < -0.39 is 0 Å². The molecule has 2 atom stereocenters. The van der Waals surface area contributed by atoms with Crippen molar-refractivity contribution in [3.05, 3.63) is 0 Å². The van der Waals surface area contributed by atoms with Gasteiger partial charge in [-0.15, -0.1) is 0 Å². The second-order valence-corrected chi connectivity index (χ2v) is 6.06. The molecule has 0 radical (unpaired) electrons. The van der Waals surface area contributed by atoms with Crippen molar-refractivity contribution in [3.8, 4) is 0 Å². The van der Waals surface area contributed by atoms with Crippen LogP contribution in [0.15, 0.2) is 0 Å². The Balaban J connectivity index is 1.78. The summed E-state index contributed by atoms with van der Waals surface area (Å²) in [5.41, 5.74) is 0. The van der Waals surface area contributed by atoms with Crippen LogP contribution in [0.3, 0.4) is 0 Å². The van der Waals surface area contributed by atoms with Gasteiger partial charge in [-0.05, 0) is 36.7 Å². The molecule has 15 heavy (non-hydrogen) atoms. The molecule has 2 nitrogen and oxygen atoms in total. The number of aliphatic hydroxyl groups excluding tert-OH is 1. The number of nitrogens with one attached hydrogen (secondary N) is 1. The average Bonchev–Trinajstić information content (AvgIpc) is 2.81. The molecule has 0 aromatic rings. The van der Waals surface area contributed by atoms with Crippen molar-refractivity contribution in [2.24, 2.45) is 5.92 Å². The number of thioether (sulfide) groups is 1. The smallest absolute Gasteiger partial charge is 0.0587 e. The van der Waals surface area contributed by atoms with E-state index in [1.807, 2.05) is 11.8 Å². The Morgan fingerprint density at radius 3 is 2.60 bits per heavy atom. The van der Waals surface area contributed by atoms with Crippen LogP contribution in [0.4, 0.5) is 0 Å². The van der Waals surface area contributed by atoms with Crippen LogP contribution >= 0.6 is 11.8 Å². The number of rotatable bonds is 4. The van der Waals surface area contributed by atoms with Crippen LogP contribution in [0.1, 0.15) is 38.5 Å². The summed E-state index contributed by atoms with van der Waals surface area (Å²) in [5.74, 6) is 3.24. The van der Waals surface area contributed by atoms with Gasteiger partial charge in [-0.1, -0.05) is 19.3 Å². The highest BCUT2D eigenvalue weighted by Gasteiger charge is 2.27. The molecule has 1 saturated carbocycles. The molecule has 0 aromatic carbocycles. The predicted octanol–water partition coefficient (Wildman–Crippen LogP) is 2.02. The molecule has 0 bridgehead atoms. The van der Waals surface area contributed by atoms with Gasteiger partial charge in [-0.25, -0.2) is 0 Å². The lowest BCUT2D eigenvalue weighted by Gasteiger charge is -2.30. The fourth-order valence-corrected chi connectivity index (χ4v) is 4.12. The van der Waals surface area contributed by atoms with Crippen LogP contribution in [-0.4, -0.2) is 35.3 Å². The highest BCUT2D eigenvalue weighted by Crippen LogP contribution is 2.27. The molecule has 2 aliphatic rings. The fraction of sp³-hybridized carbons (Fsp3) is 1.00. The summed E-state index contributed by atoms with van der Waals surface area (Å²) in [6, 6.07) is 1.05. The third-order valence-electron chi connectivity index (χ3n) is 3.79. The van der Waals surface area contributed by atoms with Gasteiger partial charge >= 0.3 is 0 Å². The first-order valence-electron chi connectivity index (χ1n) is 6.35. The fourth-order valence-electron chi connectivity index (χ4n) is 2.78. The van der Waals surface area contributed by atoms with Gasteiger partial charge in [0.15, 0.2) is 0 Å². The summed E-state index contributed by atoms with van der Waals surface area (Å²) < 4.78 is 0.